The lowest BCUT2D eigenvalue weighted by Gasteiger charge is -2.12. The Balaban J connectivity index is 1.96. The van der Waals surface area contributed by atoms with Gasteiger partial charge in [0.25, 0.3) is 0 Å². The summed E-state index contributed by atoms with van der Waals surface area (Å²) in [6.07, 6.45) is -5.68. The van der Waals surface area contributed by atoms with Crippen molar-refractivity contribution in [2.75, 3.05) is 6.61 Å². The summed E-state index contributed by atoms with van der Waals surface area (Å²) in [6.45, 7) is 0.135. The maximum absolute atomic E-state index is 12.6. The Morgan fingerprint density at radius 1 is 1.40 bits per heavy atom. The Bertz CT molecular complexity index is 487. The van der Waals surface area contributed by atoms with Crippen molar-refractivity contribution in [1.82, 2.24) is 0 Å². The van der Waals surface area contributed by atoms with Gasteiger partial charge in [-0.25, -0.2) is 0 Å². The van der Waals surface area contributed by atoms with Crippen molar-refractivity contribution in [1.29, 1.82) is 0 Å². The second kappa shape index (κ2) is 5.80. The molecule has 0 amide bonds. The highest BCUT2D eigenvalue weighted by Gasteiger charge is 2.31. The highest BCUT2D eigenvalue weighted by molar-refractivity contribution is 5.67. The summed E-state index contributed by atoms with van der Waals surface area (Å²) in [5.41, 5.74) is -0.295. The third-order valence-corrected chi connectivity index (χ3v) is 2.87. The summed E-state index contributed by atoms with van der Waals surface area (Å²) in [5, 5.41) is 8.62. The molecule has 0 radical (unpaired) electrons. The van der Waals surface area contributed by atoms with E-state index in [4.69, 9.17) is 14.6 Å². The normalized spacial score (nSPS) is 22.9. The summed E-state index contributed by atoms with van der Waals surface area (Å²) in [6, 6.07) is 4.90. The highest BCUT2D eigenvalue weighted by atomic mass is 19.4. The van der Waals surface area contributed by atoms with E-state index >= 15 is 0 Å². The molecule has 1 aromatic rings. The van der Waals surface area contributed by atoms with Crippen LogP contribution in [0.1, 0.15) is 17.5 Å². The first-order valence-corrected chi connectivity index (χ1v) is 5.99. The molecule has 1 N–H and O–H groups in total. The van der Waals surface area contributed by atoms with Crippen LogP contribution in [0, 0.1) is 0 Å². The van der Waals surface area contributed by atoms with E-state index in [1.807, 2.05) is 0 Å². The molecule has 0 saturated carbocycles. The molecule has 2 unspecified atom stereocenters. The molecule has 0 aromatic heterocycles. The first-order chi connectivity index (χ1) is 9.34. The molecule has 0 aliphatic carbocycles. The monoisotopic (exact) mass is 290 g/mol. The van der Waals surface area contributed by atoms with Crippen LogP contribution in [-0.4, -0.2) is 30.1 Å². The van der Waals surface area contributed by atoms with Gasteiger partial charge in [0.1, 0.15) is 0 Å². The first kappa shape index (κ1) is 14.8. The fourth-order valence-electron chi connectivity index (χ4n) is 1.98. The Hall–Kier alpha value is -1.60. The van der Waals surface area contributed by atoms with Gasteiger partial charge in [-0.1, -0.05) is 18.2 Å². The van der Waals surface area contributed by atoms with Crippen molar-refractivity contribution in [2.24, 2.45) is 0 Å². The van der Waals surface area contributed by atoms with E-state index in [0.717, 1.165) is 12.1 Å². The maximum Gasteiger partial charge on any atom is 0.416 e. The van der Waals surface area contributed by atoms with E-state index in [1.54, 1.807) is 6.07 Å². The molecule has 20 heavy (non-hydrogen) atoms. The number of hydrogen-bond acceptors (Lipinski definition) is 3. The minimum absolute atomic E-state index is 0.135. The summed E-state index contributed by atoms with van der Waals surface area (Å²) in [7, 11) is 0. The van der Waals surface area contributed by atoms with E-state index in [0.29, 0.717) is 5.56 Å². The lowest BCUT2D eigenvalue weighted by atomic mass is 10.1. The van der Waals surface area contributed by atoms with Crippen LogP contribution < -0.4 is 0 Å². The van der Waals surface area contributed by atoms with Crippen LogP contribution in [0.15, 0.2) is 24.3 Å². The van der Waals surface area contributed by atoms with Gasteiger partial charge in [-0.05, 0) is 11.6 Å². The topological polar surface area (TPSA) is 55.8 Å². The van der Waals surface area contributed by atoms with Crippen molar-refractivity contribution in [2.45, 2.75) is 31.4 Å². The minimum atomic E-state index is -4.39. The molecule has 110 valence electrons. The lowest BCUT2D eigenvalue weighted by Crippen LogP contribution is -2.18. The molecule has 1 aliphatic heterocycles. The molecule has 1 heterocycles. The Kier molecular flexibility index (Phi) is 4.29. The van der Waals surface area contributed by atoms with Crippen LogP contribution in [0.3, 0.4) is 0 Å². The molecule has 2 atom stereocenters. The van der Waals surface area contributed by atoms with Gasteiger partial charge >= 0.3 is 12.1 Å². The number of hydrogen-bond donors (Lipinski definition) is 1. The Labute approximate surface area is 113 Å². The molecule has 1 aromatic carbocycles. The molecule has 1 fully saturated rings. The average molecular weight is 290 g/mol. The van der Waals surface area contributed by atoms with Crippen LogP contribution in [0.4, 0.5) is 13.2 Å². The number of benzene rings is 1. The van der Waals surface area contributed by atoms with Crippen molar-refractivity contribution < 1.29 is 32.5 Å². The molecular weight excluding hydrogens is 277 g/mol. The predicted molar refractivity (Wildman–Crippen MR) is 62.0 cm³/mol. The largest absolute Gasteiger partial charge is 0.481 e. The van der Waals surface area contributed by atoms with Crippen molar-refractivity contribution >= 4 is 5.97 Å². The zero-order valence-electron chi connectivity index (χ0n) is 10.4. The molecule has 4 nitrogen and oxygen atoms in total. The van der Waals surface area contributed by atoms with E-state index in [1.165, 1.54) is 6.07 Å². The van der Waals surface area contributed by atoms with Crippen LogP contribution in [0.2, 0.25) is 0 Å². The average Bonchev–Trinajstić information content (AvgIpc) is 2.75. The number of rotatable bonds is 4. The van der Waals surface area contributed by atoms with E-state index in [9.17, 15) is 18.0 Å². The quantitative estimate of drug-likeness (QED) is 0.925. The molecule has 0 spiro atoms. The summed E-state index contributed by atoms with van der Waals surface area (Å²) >= 11 is 0. The zero-order valence-corrected chi connectivity index (χ0v) is 10.4. The summed E-state index contributed by atoms with van der Waals surface area (Å²) in [4.78, 5) is 10.5. The SMILES string of the molecule is O=C(O)CC1COC(Cc2cccc(C(F)(F)F)c2)O1. The van der Waals surface area contributed by atoms with Gasteiger partial charge in [0.15, 0.2) is 6.29 Å². The van der Waals surface area contributed by atoms with Gasteiger partial charge in [0, 0.05) is 6.42 Å². The molecular formula is C13H13F3O4. The van der Waals surface area contributed by atoms with Crippen LogP contribution in [0.5, 0.6) is 0 Å². The van der Waals surface area contributed by atoms with Gasteiger partial charge in [-0.15, -0.1) is 0 Å². The second-order valence-electron chi connectivity index (χ2n) is 4.52. The maximum atomic E-state index is 12.6. The van der Waals surface area contributed by atoms with Gasteiger partial charge < -0.3 is 14.6 Å². The van der Waals surface area contributed by atoms with Gasteiger partial charge in [0.05, 0.1) is 24.7 Å². The van der Waals surface area contributed by atoms with E-state index < -0.39 is 30.1 Å². The standard InChI is InChI=1S/C13H13F3O4/c14-13(15,16)9-3-1-2-8(4-9)5-12-19-7-10(20-12)6-11(17)18/h1-4,10,12H,5-7H2,(H,17,18). The van der Waals surface area contributed by atoms with Gasteiger partial charge in [-0.3, -0.25) is 4.79 Å². The second-order valence-corrected chi connectivity index (χ2v) is 4.52. The van der Waals surface area contributed by atoms with Crippen LogP contribution >= 0.6 is 0 Å². The fourth-order valence-corrected chi connectivity index (χ4v) is 1.98. The van der Waals surface area contributed by atoms with Crippen molar-refractivity contribution in [3.63, 3.8) is 0 Å². The third kappa shape index (κ3) is 3.94. The van der Waals surface area contributed by atoms with Crippen LogP contribution in [0.25, 0.3) is 0 Å². The molecule has 2 rings (SSSR count). The summed E-state index contributed by atoms with van der Waals surface area (Å²) < 4.78 is 48.2. The summed E-state index contributed by atoms with van der Waals surface area (Å²) in [5.74, 6) is -1.00. The van der Waals surface area contributed by atoms with Crippen LogP contribution in [-0.2, 0) is 26.9 Å². The number of ether oxygens (including phenoxy) is 2. The zero-order chi connectivity index (χ0) is 14.8. The fraction of sp³-hybridized carbons (Fsp3) is 0.462. The molecule has 0 bridgehead atoms. The lowest BCUT2D eigenvalue weighted by molar-refractivity contribution is -0.140. The highest BCUT2D eigenvalue weighted by Crippen LogP contribution is 2.30. The number of carbonyl (C=O) groups is 1. The molecule has 1 saturated heterocycles. The van der Waals surface area contributed by atoms with Gasteiger partial charge in [-0.2, -0.15) is 13.2 Å². The minimum Gasteiger partial charge on any atom is -0.481 e. The first-order valence-electron chi connectivity index (χ1n) is 5.99. The number of carboxylic acid groups (broad SMARTS) is 1. The number of carboxylic acids is 1. The Morgan fingerprint density at radius 2 is 2.15 bits per heavy atom. The predicted octanol–water partition coefficient (Wildman–Crippen LogP) is 2.46. The number of halogens is 3. The van der Waals surface area contributed by atoms with Crippen molar-refractivity contribution in [3.8, 4) is 0 Å². The smallest absolute Gasteiger partial charge is 0.416 e. The van der Waals surface area contributed by atoms with Gasteiger partial charge in [0.2, 0.25) is 0 Å². The Morgan fingerprint density at radius 3 is 2.80 bits per heavy atom. The van der Waals surface area contributed by atoms with E-state index in [2.05, 4.69) is 0 Å². The van der Waals surface area contributed by atoms with Crippen molar-refractivity contribution in [3.05, 3.63) is 35.4 Å². The molecule has 7 heteroatoms. The number of alkyl halides is 3. The number of aliphatic carboxylic acids is 1. The van der Waals surface area contributed by atoms with E-state index in [-0.39, 0.29) is 19.4 Å². The third-order valence-electron chi connectivity index (χ3n) is 2.87. The molecule has 1 aliphatic rings.